The van der Waals surface area contributed by atoms with Gasteiger partial charge in [0.1, 0.15) is 12.1 Å². The zero-order valence-corrected chi connectivity index (χ0v) is 14.4. The molecule has 1 aromatic carbocycles. The molecule has 26 heavy (non-hydrogen) atoms. The molecule has 1 aliphatic heterocycles. The summed E-state index contributed by atoms with van der Waals surface area (Å²) in [4.78, 5) is 10.8. The SMILES string of the molecule is C(#Cc1nc2cccc(OCCN3CCOCC3)c2o1)c1cccnc1. The Bertz CT molecular complexity index is 922. The normalized spacial score (nSPS) is 14.8. The van der Waals surface area contributed by atoms with Crippen LogP contribution in [0.15, 0.2) is 47.1 Å². The average Bonchev–Trinajstić information content (AvgIpc) is 3.12. The molecule has 132 valence electrons. The first-order valence-corrected chi connectivity index (χ1v) is 8.63. The van der Waals surface area contributed by atoms with Gasteiger partial charge in [0.15, 0.2) is 11.3 Å². The molecule has 0 N–H and O–H groups in total. The van der Waals surface area contributed by atoms with Gasteiger partial charge in [0.05, 0.1) is 13.2 Å². The summed E-state index contributed by atoms with van der Waals surface area (Å²) in [6.45, 7) is 4.93. The lowest BCUT2D eigenvalue weighted by Gasteiger charge is -2.26. The lowest BCUT2D eigenvalue weighted by Crippen LogP contribution is -2.38. The Hall–Kier alpha value is -2.88. The van der Waals surface area contributed by atoms with Gasteiger partial charge in [-0.05, 0) is 30.2 Å². The predicted octanol–water partition coefficient (Wildman–Crippen LogP) is 2.33. The van der Waals surface area contributed by atoms with Crippen LogP contribution in [0.2, 0.25) is 0 Å². The first kappa shape index (κ1) is 16.6. The number of morpholine rings is 1. The van der Waals surface area contributed by atoms with Gasteiger partial charge in [0.2, 0.25) is 0 Å². The van der Waals surface area contributed by atoms with Crippen molar-refractivity contribution in [2.45, 2.75) is 0 Å². The third kappa shape index (κ3) is 4.02. The summed E-state index contributed by atoms with van der Waals surface area (Å²) in [7, 11) is 0. The van der Waals surface area contributed by atoms with Crippen molar-refractivity contribution in [2.24, 2.45) is 0 Å². The molecule has 0 saturated carbocycles. The van der Waals surface area contributed by atoms with Crippen LogP contribution in [0.5, 0.6) is 5.75 Å². The summed E-state index contributed by atoms with van der Waals surface area (Å²) in [6.07, 6.45) is 3.42. The second-order valence-electron chi connectivity index (χ2n) is 5.92. The predicted molar refractivity (Wildman–Crippen MR) is 97.0 cm³/mol. The molecule has 0 atom stereocenters. The average molecular weight is 349 g/mol. The maximum atomic E-state index is 5.92. The number of rotatable bonds is 4. The van der Waals surface area contributed by atoms with Crippen LogP contribution >= 0.6 is 0 Å². The highest BCUT2D eigenvalue weighted by molar-refractivity contribution is 5.79. The maximum absolute atomic E-state index is 5.92. The Balaban J connectivity index is 1.46. The van der Waals surface area contributed by atoms with E-state index in [4.69, 9.17) is 13.9 Å². The molecule has 6 heteroatoms. The number of fused-ring (bicyclic) bond motifs is 1. The number of nitrogens with zero attached hydrogens (tertiary/aromatic N) is 3. The summed E-state index contributed by atoms with van der Waals surface area (Å²) in [5, 5.41) is 0. The van der Waals surface area contributed by atoms with E-state index >= 15 is 0 Å². The lowest BCUT2D eigenvalue weighted by molar-refractivity contribution is 0.0323. The molecular weight excluding hydrogens is 330 g/mol. The van der Waals surface area contributed by atoms with Crippen LogP contribution in [0.3, 0.4) is 0 Å². The molecule has 0 amide bonds. The van der Waals surface area contributed by atoms with Crippen molar-refractivity contribution in [2.75, 3.05) is 39.5 Å². The standard InChI is InChI=1S/C20H19N3O3/c1-4-17-20(18(5-1)25-14-11-23-9-12-24-13-10-23)26-19(22-17)7-6-16-3-2-8-21-15-16/h1-5,8,15H,9-14H2. The molecule has 0 radical (unpaired) electrons. The fourth-order valence-electron chi connectivity index (χ4n) is 2.76. The van der Waals surface area contributed by atoms with Crippen molar-refractivity contribution in [1.29, 1.82) is 0 Å². The molecule has 1 fully saturated rings. The second-order valence-corrected chi connectivity index (χ2v) is 5.92. The number of para-hydroxylation sites is 1. The van der Waals surface area contributed by atoms with Gasteiger partial charge in [-0.1, -0.05) is 12.0 Å². The van der Waals surface area contributed by atoms with Crippen LogP contribution in [0.1, 0.15) is 11.5 Å². The van der Waals surface area contributed by atoms with E-state index in [9.17, 15) is 0 Å². The van der Waals surface area contributed by atoms with E-state index < -0.39 is 0 Å². The van der Waals surface area contributed by atoms with Gasteiger partial charge in [-0.2, -0.15) is 0 Å². The summed E-state index contributed by atoms with van der Waals surface area (Å²) < 4.78 is 17.1. The first-order valence-electron chi connectivity index (χ1n) is 8.63. The summed E-state index contributed by atoms with van der Waals surface area (Å²) in [5.74, 6) is 7.00. The van der Waals surface area contributed by atoms with Crippen molar-refractivity contribution >= 4 is 11.1 Å². The largest absolute Gasteiger partial charge is 0.488 e. The summed E-state index contributed by atoms with van der Waals surface area (Å²) in [5.41, 5.74) is 2.19. The molecule has 0 aliphatic carbocycles. The Morgan fingerprint density at radius 1 is 1.12 bits per heavy atom. The van der Waals surface area contributed by atoms with Crippen LogP contribution in [-0.4, -0.2) is 54.3 Å². The van der Waals surface area contributed by atoms with Gasteiger partial charge >= 0.3 is 0 Å². The molecule has 3 aromatic rings. The number of benzene rings is 1. The molecule has 1 saturated heterocycles. The molecular formula is C20H19N3O3. The molecule has 0 unspecified atom stereocenters. The van der Waals surface area contributed by atoms with Crippen molar-refractivity contribution in [3.8, 4) is 17.6 Å². The molecule has 3 heterocycles. The molecule has 0 bridgehead atoms. The molecule has 4 rings (SSSR count). The molecule has 2 aromatic heterocycles. The molecule has 6 nitrogen and oxygen atoms in total. The Morgan fingerprint density at radius 3 is 2.88 bits per heavy atom. The minimum atomic E-state index is 0.369. The first-order chi connectivity index (χ1) is 12.9. The van der Waals surface area contributed by atoms with Crippen molar-refractivity contribution < 1.29 is 13.9 Å². The van der Waals surface area contributed by atoms with E-state index in [0.29, 0.717) is 23.8 Å². The highest BCUT2D eigenvalue weighted by Crippen LogP contribution is 2.26. The van der Waals surface area contributed by atoms with Gasteiger partial charge in [-0.15, -0.1) is 0 Å². The number of oxazole rings is 1. The topological polar surface area (TPSA) is 60.6 Å². The van der Waals surface area contributed by atoms with E-state index in [1.54, 1.807) is 12.4 Å². The highest BCUT2D eigenvalue weighted by Gasteiger charge is 2.12. The summed E-state index contributed by atoms with van der Waals surface area (Å²) >= 11 is 0. The number of aromatic nitrogens is 2. The zero-order chi connectivity index (χ0) is 17.6. The smallest absolute Gasteiger partial charge is 0.274 e. The zero-order valence-electron chi connectivity index (χ0n) is 14.4. The fraction of sp³-hybridized carbons (Fsp3) is 0.300. The lowest BCUT2D eigenvalue weighted by atomic mass is 10.3. The Kier molecular flexibility index (Phi) is 5.10. The van der Waals surface area contributed by atoms with Crippen molar-refractivity contribution in [1.82, 2.24) is 14.9 Å². The Labute approximate surface area is 151 Å². The molecule has 0 spiro atoms. The number of hydrogen-bond donors (Lipinski definition) is 0. The van der Waals surface area contributed by atoms with E-state index in [1.165, 1.54) is 0 Å². The molecule has 1 aliphatic rings. The highest BCUT2D eigenvalue weighted by atomic mass is 16.5. The van der Waals surface area contributed by atoms with E-state index in [1.807, 2.05) is 30.3 Å². The monoisotopic (exact) mass is 349 g/mol. The van der Waals surface area contributed by atoms with E-state index in [0.717, 1.165) is 43.9 Å². The quantitative estimate of drug-likeness (QED) is 0.674. The van der Waals surface area contributed by atoms with E-state index in [2.05, 4.69) is 26.7 Å². The second kappa shape index (κ2) is 8.00. The fourth-order valence-corrected chi connectivity index (χ4v) is 2.76. The van der Waals surface area contributed by atoms with Crippen molar-refractivity contribution in [3.63, 3.8) is 0 Å². The minimum Gasteiger partial charge on any atom is -0.488 e. The van der Waals surface area contributed by atoms with Gasteiger partial charge in [-0.25, -0.2) is 4.98 Å². The van der Waals surface area contributed by atoms with Crippen LogP contribution in [0, 0.1) is 11.8 Å². The van der Waals surface area contributed by atoms with Gasteiger partial charge < -0.3 is 13.9 Å². The van der Waals surface area contributed by atoms with Gasteiger partial charge in [0, 0.05) is 37.6 Å². The number of ether oxygens (including phenoxy) is 2. The number of hydrogen-bond acceptors (Lipinski definition) is 6. The van der Waals surface area contributed by atoms with Gasteiger partial charge in [0.25, 0.3) is 5.89 Å². The van der Waals surface area contributed by atoms with Crippen LogP contribution in [0.25, 0.3) is 11.1 Å². The maximum Gasteiger partial charge on any atom is 0.274 e. The minimum absolute atomic E-state index is 0.369. The summed E-state index contributed by atoms with van der Waals surface area (Å²) in [6, 6.07) is 9.43. The third-order valence-electron chi connectivity index (χ3n) is 4.12. The van der Waals surface area contributed by atoms with Crippen LogP contribution in [-0.2, 0) is 4.74 Å². The third-order valence-corrected chi connectivity index (χ3v) is 4.12. The van der Waals surface area contributed by atoms with Crippen LogP contribution in [0.4, 0.5) is 0 Å². The van der Waals surface area contributed by atoms with E-state index in [-0.39, 0.29) is 0 Å². The van der Waals surface area contributed by atoms with Crippen LogP contribution < -0.4 is 4.74 Å². The Morgan fingerprint density at radius 2 is 2.04 bits per heavy atom. The number of pyridine rings is 1. The van der Waals surface area contributed by atoms with Gasteiger partial charge in [-0.3, -0.25) is 9.88 Å². The van der Waals surface area contributed by atoms with Crippen molar-refractivity contribution in [3.05, 3.63) is 54.2 Å².